The highest BCUT2D eigenvalue weighted by atomic mass is 16.5. The molecule has 8 heteroatoms. The number of aliphatic carboxylic acids is 1. The van der Waals surface area contributed by atoms with E-state index in [4.69, 9.17) is 19.3 Å². The van der Waals surface area contributed by atoms with Gasteiger partial charge in [-0.3, -0.25) is 19.2 Å². The summed E-state index contributed by atoms with van der Waals surface area (Å²) >= 11 is 0. The Bertz CT molecular complexity index is 939. The zero-order valence-corrected chi connectivity index (χ0v) is 16.4. The normalized spacial score (nSPS) is 10.5. The van der Waals surface area contributed by atoms with Gasteiger partial charge in [0.05, 0.1) is 12.8 Å². The number of hydrogen-bond donors (Lipinski definition) is 1. The van der Waals surface area contributed by atoms with E-state index in [-0.39, 0.29) is 24.3 Å². The second-order valence-electron chi connectivity index (χ2n) is 6.20. The molecule has 0 unspecified atom stereocenters. The number of carboxylic acid groups (broad SMARTS) is 1. The van der Waals surface area contributed by atoms with E-state index in [0.717, 1.165) is 5.56 Å². The topological polar surface area (TPSA) is 116 Å². The number of carbonyl (C=O) groups excluding carboxylic acids is 3. The number of esters is 3. The van der Waals surface area contributed by atoms with Crippen molar-refractivity contribution in [2.45, 2.75) is 26.7 Å². The average molecular weight is 412 g/mol. The van der Waals surface area contributed by atoms with Crippen LogP contribution in [0.25, 0.3) is 12.2 Å². The first kappa shape index (κ1) is 22.4. The van der Waals surface area contributed by atoms with Crippen LogP contribution in [-0.2, 0) is 19.2 Å². The van der Waals surface area contributed by atoms with Gasteiger partial charge in [0.2, 0.25) is 0 Å². The molecule has 156 valence electrons. The van der Waals surface area contributed by atoms with Crippen LogP contribution in [0.3, 0.4) is 0 Å². The number of rotatable bonds is 8. The number of carbonyl (C=O) groups is 4. The van der Waals surface area contributed by atoms with Crippen molar-refractivity contribution < 1.29 is 38.5 Å². The van der Waals surface area contributed by atoms with Crippen LogP contribution in [0.5, 0.6) is 17.2 Å². The fourth-order valence-electron chi connectivity index (χ4n) is 2.37. The van der Waals surface area contributed by atoms with Crippen molar-refractivity contribution in [1.82, 2.24) is 0 Å². The van der Waals surface area contributed by atoms with E-state index in [1.54, 1.807) is 48.6 Å². The summed E-state index contributed by atoms with van der Waals surface area (Å²) in [5.41, 5.74) is 1.42. The van der Waals surface area contributed by atoms with E-state index < -0.39 is 23.9 Å². The minimum absolute atomic E-state index is 0.208. The van der Waals surface area contributed by atoms with E-state index in [1.165, 1.54) is 19.9 Å². The summed E-state index contributed by atoms with van der Waals surface area (Å²) < 4.78 is 15.2. The maximum Gasteiger partial charge on any atom is 0.311 e. The van der Waals surface area contributed by atoms with Crippen molar-refractivity contribution in [2.24, 2.45) is 0 Å². The van der Waals surface area contributed by atoms with Gasteiger partial charge in [0.15, 0.2) is 0 Å². The van der Waals surface area contributed by atoms with E-state index in [9.17, 15) is 19.2 Å². The zero-order valence-electron chi connectivity index (χ0n) is 16.4. The van der Waals surface area contributed by atoms with Gasteiger partial charge in [0, 0.05) is 19.9 Å². The van der Waals surface area contributed by atoms with E-state index in [2.05, 4.69) is 0 Å². The molecule has 0 heterocycles. The van der Waals surface area contributed by atoms with Crippen molar-refractivity contribution in [3.8, 4) is 17.2 Å². The summed E-state index contributed by atoms with van der Waals surface area (Å²) in [5, 5.41) is 8.57. The second-order valence-corrected chi connectivity index (χ2v) is 6.20. The molecule has 8 nitrogen and oxygen atoms in total. The first-order chi connectivity index (χ1) is 14.2. The average Bonchev–Trinajstić information content (AvgIpc) is 2.64. The third-order valence-electron chi connectivity index (χ3n) is 3.55. The Kier molecular flexibility index (Phi) is 7.87. The summed E-state index contributed by atoms with van der Waals surface area (Å²) in [6, 6.07) is 11.2. The standard InChI is InChI=1S/C22H20O8/c1-14(23)28-19-11-17(12-20(13-19)29-15(2)24)4-3-16-5-7-18(8-6-16)30-22(27)10-9-21(25)26/h3-8,11-13H,9-10H2,1-2H3,(H,25,26)/b4-3+. The molecule has 2 aromatic carbocycles. The molecule has 0 spiro atoms. The van der Waals surface area contributed by atoms with Crippen molar-refractivity contribution in [3.63, 3.8) is 0 Å². The van der Waals surface area contributed by atoms with Crippen LogP contribution in [0.15, 0.2) is 42.5 Å². The quantitative estimate of drug-likeness (QED) is 0.398. The molecule has 0 aromatic heterocycles. The van der Waals surface area contributed by atoms with Gasteiger partial charge in [-0.2, -0.15) is 0 Å². The first-order valence-electron chi connectivity index (χ1n) is 8.94. The predicted octanol–water partition coefficient (Wildman–Crippen LogP) is 3.48. The highest BCUT2D eigenvalue weighted by molar-refractivity contribution is 5.78. The Morgan fingerprint density at radius 3 is 1.77 bits per heavy atom. The van der Waals surface area contributed by atoms with Crippen LogP contribution >= 0.6 is 0 Å². The van der Waals surface area contributed by atoms with Crippen LogP contribution < -0.4 is 14.2 Å². The minimum atomic E-state index is -1.07. The number of hydrogen-bond acceptors (Lipinski definition) is 7. The van der Waals surface area contributed by atoms with Gasteiger partial charge in [0.1, 0.15) is 17.2 Å². The Balaban J connectivity index is 2.10. The lowest BCUT2D eigenvalue weighted by atomic mass is 10.1. The summed E-state index contributed by atoms with van der Waals surface area (Å²) in [6.45, 7) is 2.54. The van der Waals surface area contributed by atoms with Crippen LogP contribution in [-0.4, -0.2) is 29.0 Å². The molecule has 0 saturated heterocycles. The highest BCUT2D eigenvalue weighted by Gasteiger charge is 2.08. The Hall–Kier alpha value is -3.94. The SMILES string of the molecule is CC(=O)Oc1cc(/C=C/c2ccc(OC(=O)CCC(=O)O)cc2)cc(OC(C)=O)c1. The van der Waals surface area contributed by atoms with Gasteiger partial charge >= 0.3 is 23.9 Å². The van der Waals surface area contributed by atoms with Gasteiger partial charge in [-0.15, -0.1) is 0 Å². The van der Waals surface area contributed by atoms with E-state index >= 15 is 0 Å². The Labute approximate surface area is 172 Å². The third kappa shape index (κ3) is 7.97. The molecule has 2 aromatic rings. The largest absolute Gasteiger partial charge is 0.481 e. The molecule has 0 amide bonds. The maximum absolute atomic E-state index is 11.6. The molecule has 1 N–H and O–H groups in total. The smallest absolute Gasteiger partial charge is 0.311 e. The minimum Gasteiger partial charge on any atom is -0.481 e. The van der Waals surface area contributed by atoms with Crippen molar-refractivity contribution in [3.05, 3.63) is 53.6 Å². The first-order valence-corrected chi connectivity index (χ1v) is 8.94. The van der Waals surface area contributed by atoms with Gasteiger partial charge in [-0.25, -0.2) is 0 Å². The number of ether oxygens (including phenoxy) is 3. The summed E-state index contributed by atoms with van der Waals surface area (Å²) in [6.07, 6.45) is 3.00. The van der Waals surface area contributed by atoms with Gasteiger partial charge in [0.25, 0.3) is 0 Å². The molecule has 0 fully saturated rings. The Morgan fingerprint density at radius 1 is 0.733 bits per heavy atom. The molecule has 0 atom stereocenters. The fraction of sp³-hybridized carbons (Fsp3) is 0.182. The van der Waals surface area contributed by atoms with Gasteiger partial charge < -0.3 is 19.3 Å². The zero-order chi connectivity index (χ0) is 22.1. The number of benzene rings is 2. The van der Waals surface area contributed by atoms with E-state index in [1.807, 2.05) is 0 Å². The molecule has 0 bridgehead atoms. The van der Waals surface area contributed by atoms with Gasteiger partial charge in [-0.1, -0.05) is 24.3 Å². The molecular formula is C22H20O8. The van der Waals surface area contributed by atoms with Crippen LogP contribution in [0.4, 0.5) is 0 Å². The van der Waals surface area contributed by atoms with Crippen LogP contribution in [0.1, 0.15) is 37.8 Å². The lowest BCUT2D eigenvalue weighted by Gasteiger charge is -2.07. The van der Waals surface area contributed by atoms with Gasteiger partial charge in [-0.05, 0) is 35.4 Å². The molecule has 0 aliphatic heterocycles. The van der Waals surface area contributed by atoms with Crippen LogP contribution in [0, 0.1) is 0 Å². The summed E-state index contributed by atoms with van der Waals surface area (Å²) in [5.74, 6) is -1.91. The monoisotopic (exact) mass is 412 g/mol. The maximum atomic E-state index is 11.6. The lowest BCUT2D eigenvalue weighted by Crippen LogP contribution is -2.10. The van der Waals surface area contributed by atoms with Crippen molar-refractivity contribution in [2.75, 3.05) is 0 Å². The van der Waals surface area contributed by atoms with Crippen LogP contribution in [0.2, 0.25) is 0 Å². The third-order valence-corrected chi connectivity index (χ3v) is 3.55. The van der Waals surface area contributed by atoms with E-state index in [0.29, 0.717) is 11.3 Å². The molecule has 0 saturated carbocycles. The summed E-state index contributed by atoms with van der Waals surface area (Å²) in [7, 11) is 0. The Morgan fingerprint density at radius 2 is 1.27 bits per heavy atom. The molecule has 0 radical (unpaired) electrons. The summed E-state index contributed by atoms with van der Waals surface area (Å²) in [4.78, 5) is 44.4. The fourth-order valence-corrected chi connectivity index (χ4v) is 2.37. The van der Waals surface area contributed by atoms with Crippen molar-refractivity contribution >= 4 is 36.0 Å². The highest BCUT2D eigenvalue weighted by Crippen LogP contribution is 2.25. The molecule has 0 aliphatic carbocycles. The number of carboxylic acids is 1. The molecular weight excluding hydrogens is 392 g/mol. The molecule has 2 rings (SSSR count). The molecule has 30 heavy (non-hydrogen) atoms. The van der Waals surface area contributed by atoms with Crippen molar-refractivity contribution in [1.29, 1.82) is 0 Å². The second kappa shape index (κ2) is 10.6. The predicted molar refractivity (Wildman–Crippen MR) is 107 cm³/mol. The molecule has 0 aliphatic rings. The lowest BCUT2D eigenvalue weighted by molar-refractivity contribution is -0.142.